The number of hydrogen-bond donors (Lipinski definition) is 9. The molecule has 2 aliphatic rings. The number of halogens is 2. The van der Waals surface area contributed by atoms with Gasteiger partial charge in [-0.15, -0.1) is 0 Å². The molecule has 6 heterocycles. The number of para-hydroxylation sites is 2. The number of ether oxygens (including phenoxy) is 4. The Morgan fingerprint density at radius 1 is 0.899 bits per heavy atom. The highest BCUT2D eigenvalue weighted by molar-refractivity contribution is 6.33. The van der Waals surface area contributed by atoms with E-state index in [1.165, 1.54) is 20.4 Å². The predicted molar refractivity (Wildman–Crippen MR) is 259 cm³/mol. The summed E-state index contributed by atoms with van der Waals surface area (Å²) in [6, 6.07) is 12.6. The standard InChI is InChI=1S/C48H50Cl2N10O9/c1-4-38(63)54-27(22-62)24-69-36-19-52-15-11-28(36)41-44(58-35-10-6-8-31(50)46(35)67-3)40-33(56-41)14-18-60(48(40)65)25-59-17-13-29(37(20-59)68-23-26(51)21-61)42-43(39-32(55-42)12-16-53-47(39)64)57-34-9-5-7-30(49)45(34)66-2/h4-11,13,15,17,19-20,26-27,61-62H,1,12,14,16,18,21-25,51H2,2-3H3,(H5,52,53,54,55,56,57,58,63,64,65)/p+1/t26-,27-/m1/s1. The fourth-order valence-electron chi connectivity index (χ4n) is 8.21. The number of benzene rings is 2. The normalized spacial score (nSPS) is 13.9. The summed E-state index contributed by atoms with van der Waals surface area (Å²) >= 11 is 13.1. The molecule has 10 N–H and O–H groups in total. The summed E-state index contributed by atoms with van der Waals surface area (Å²) in [4.78, 5) is 53.4. The lowest BCUT2D eigenvalue weighted by Gasteiger charge is -2.25. The highest BCUT2D eigenvalue weighted by Crippen LogP contribution is 2.45. The van der Waals surface area contributed by atoms with Crippen LogP contribution in [0.2, 0.25) is 10.0 Å². The Kier molecular flexibility index (Phi) is 14.9. The molecule has 0 saturated heterocycles. The predicted octanol–water partition coefficient (Wildman–Crippen LogP) is 4.85. The zero-order chi connectivity index (χ0) is 48.8. The number of fused-ring (bicyclic) bond motifs is 2. The van der Waals surface area contributed by atoms with Gasteiger partial charge >= 0.3 is 0 Å². The minimum atomic E-state index is -0.751. The number of anilines is 4. The van der Waals surface area contributed by atoms with Crippen LogP contribution in [0.4, 0.5) is 22.7 Å². The van der Waals surface area contributed by atoms with Gasteiger partial charge in [-0.05, 0) is 36.4 Å². The summed E-state index contributed by atoms with van der Waals surface area (Å²) in [5.41, 5.74) is 12.3. The minimum Gasteiger partial charge on any atom is -0.493 e. The molecule has 0 fully saturated rings. The first-order chi connectivity index (χ1) is 33.5. The summed E-state index contributed by atoms with van der Waals surface area (Å²) in [6.45, 7) is 3.44. The Labute approximate surface area is 406 Å². The van der Waals surface area contributed by atoms with Crippen LogP contribution < -0.4 is 50.5 Å². The van der Waals surface area contributed by atoms with Gasteiger partial charge in [-0.2, -0.15) is 4.57 Å². The fraction of sp³-hybridized carbons (Fsp3) is 0.271. The van der Waals surface area contributed by atoms with E-state index in [1.54, 1.807) is 70.5 Å². The number of nitrogens with one attached hydrogen (secondary N) is 6. The first kappa shape index (κ1) is 48.2. The summed E-state index contributed by atoms with van der Waals surface area (Å²) in [7, 11) is 3.00. The Morgan fingerprint density at radius 2 is 1.54 bits per heavy atom. The van der Waals surface area contributed by atoms with Crippen molar-refractivity contribution in [3.8, 4) is 45.5 Å². The van der Waals surface area contributed by atoms with Crippen LogP contribution in [-0.2, 0) is 24.3 Å². The van der Waals surface area contributed by atoms with Gasteiger partial charge < -0.3 is 66.1 Å². The molecule has 0 spiro atoms. The van der Waals surface area contributed by atoms with E-state index < -0.39 is 24.6 Å². The molecule has 69 heavy (non-hydrogen) atoms. The highest BCUT2D eigenvalue weighted by atomic mass is 35.5. The van der Waals surface area contributed by atoms with E-state index in [1.807, 2.05) is 6.07 Å². The second-order valence-corrected chi connectivity index (χ2v) is 16.9. The summed E-state index contributed by atoms with van der Waals surface area (Å²) in [5, 5.41) is 32.9. The van der Waals surface area contributed by atoms with Gasteiger partial charge in [0.05, 0.1) is 107 Å². The number of aromatic amines is 2. The van der Waals surface area contributed by atoms with Crippen LogP contribution in [0.5, 0.6) is 23.0 Å². The first-order valence-corrected chi connectivity index (χ1v) is 22.6. The SMILES string of the molecule is C=CC(=O)N[C@H](CO)COc1cnccc1-c1[nH]c2c(c1Nc1cccc(Cl)c1OC)C(=O)N(C[n+]1ccc(-c3[nH]c4c(c3Nc3cccc(Cl)c3OC)C(=O)NCC4)c(OC[C@H](N)CO)c1)CC2. The number of aromatic nitrogens is 4. The summed E-state index contributed by atoms with van der Waals surface area (Å²) in [5.74, 6) is 0.355. The first-order valence-electron chi connectivity index (χ1n) is 21.9. The molecule has 2 aromatic carbocycles. The van der Waals surface area contributed by atoms with Gasteiger partial charge in [0.15, 0.2) is 23.4 Å². The third kappa shape index (κ3) is 10.1. The third-order valence-corrected chi connectivity index (χ3v) is 12.2. The molecule has 360 valence electrons. The second kappa shape index (κ2) is 21.3. The van der Waals surface area contributed by atoms with E-state index >= 15 is 0 Å². The van der Waals surface area contributed by atoms with Gasteiger partial charge in [-0.1, -0.05) is 41.9 Å². The number of nitrogens with two attached hydrogens (primary N) is 1. The Morgan fingerprint density at radius 3 is 2.17 bits per heavy atom. The number of amides is 3. The zero-order valence-electron chi connectivity index (χ0n) is 37.7. The number of pyridine rings is 2. The molecule has 2 atom stereocenters. The van der Waals surface area contributed by atoms with Gasteiger partial charge in [0.25, 0.3) is 11.8 Å². The van der Waals surface area contributed by atoms with E-state index in [4.69, 9.17) is 47.9 Å². The van der Waals surface area contributed by atoms with Crippen LogP contribution in [0.3, 0.4) is 0 Å². The lowest BCUT2D eigenvalue weighted by Crippen LogP contribution is -2.48. The van der Waals surface area contributed by atoms with Gasteiger partial charge in [0.2, 0.25) is 18.8 Å². The number of carbonyl (C=O) groups is 3. The largest absolute Gasteiger partial charge is 0.493 e. The molecule has 0 radical (unpaired) electrons. The van der Waals surface area contributed by atoms with Crippen LogP contribution in [0.25, 0.3) is 22.5 Å². The van der Waals surface area contributed by atoms with Crippen molar-refractivity contribution >= 4 is 63.7 Å². The van der Waals surface area contributed by atoms with E-state index in [0.717, 1.165) is 6.08 Å². The van der Waals surface area contributed by atoms with E-state index in [-0.39, 0.29) is 38.3 Å². The van der Waals surface area contributed by atoms with Crippen LogP contribution >= 0.6 is 23.2 Å². The monoisotopic (exact) mass is 981 g/mol. The zero-order valence-corrected chi connectivity index (χ0v) is 39.2. The van der Waals surface area contributed by atoms with Crippen molar-refractivity contribution in [1.29, 1.82) is 0 Å². The van der Waals surface area contributed by atoms with Crippen LogP contribution in [0, 0.1) is 0 Å². The molecular weight excluding hydrogens is 931 g/mol. The van der Waals surface area contributed by atoms with Crippen LogP contribution in [0.1, 0.15) is 32.1 Å². The molecule has 3 amide bonds. The molecule has 4 aromatic heterocycles. The average molecular weight is 983 g/mol. The topological polar surface area (TPSA) is 254 Å². The number of methoxy groups -OCH3 is 2. The van der Waals surface area contributed by atoms with E-state index in [0.29, 0.717) is 127 Å². The lowest BCUT2D eigenvalue weighted by atomic mass is 10.0. The molecule has 0 aliphatic carbocycles. The minimum absolute atomic E-state index is 0.0513. The fourth-order valence-corrected chi connectivity index (χ4v) is 8.72. The van der Waals surface area contributed by atoms with Crippen molar-refractivity contribution < 1.29 is 48.1 Å². The second-order valence-electron chi connectivity index (χ2n) is 16.1. The molecule has 0 bridgehead atoms. The quantitative estimate of drug-likeness (QED) is 0.0367. The number of carbonyl (C=O) groups excluding carboxylic acids is 3. The Balaban J connectivity index is 1.17. The Bertz CT molecular complexity index is 2910. The number of hydrogen-bond acceptors (Lipinski definition) is 13. The lowest BCUT2D eigenvalue weighted by molar-refractivity contribution is -0.712. The molecule has 2 aliphatic heterocycles. The maximum Gasteiger partial charge on any atom is 0.262 e. The number of H-pyrrole nitrogens is 2. The van der Waals surface area contributed by atoms with Crippen LogP contribution in [0.15, 0.2) is 86.0 Å². The molecule has 19 nitrogen and oxygen atoms in total. The van der Waals surface area contributed by atoms with E-state index in [9.17, 15) is 24.6 Å². The number of aliphatic hydroxyl groups excluding tert-OH is 2. The molecule has 8 rings (SSSR count). The summed E-state index contributed by atoms with van der Waals surface area (Å²) in [6.07, 6.45) is 8.70. The van der Waals surface area contributed by atoms with Gasteiger partial charge in [-0.25, -0.2) is 0 Å². The van der Waals surface area contributed by atoms with Crippen molar-refractivity contribution in [3.05, 3.63) is 119 Å². The smallest absolute Gasteiger partial charge is 0.262 e. The Hall–Kier alpha value is -7.29. The number of rotatable bonds is 20. The van der Waals surface area contributed by atoms with Crippen molar-refractivity contribution in [2.24, 2.45) is 5.73 Å². The highest BCUT2D eigenvalue weighted by Gasteiger charge is 2.35. The molecule has 6 aromatic rings. The van der Waals surface area contributed by atoms with Crippen molar-refractivity contribution in [2.45, 2.75) is 31.6 Å². The molecular formula is C48H51Cl2N10O9+. The summed E-state index contributed by atoms with van der Waals surface area (Å²) < 4.78 is 25.6. The number of aliphatic hydroxyl groups is 2. The third-order valence-electron chi connectivity index (χ3n) is 11.6. The van der Waals surface area contributed by atoms with Crippen molar-refractivity contribution in [3.63, 3.8) is 0 Å². The van der Waals surface area contributed by atoms with Gasteiger partial charge in [-0.3, -0.25) is 24.3 Å². The maximum absolute atomic E-state index is 15.0. The van der Waals surface area contributed by atoms with Crippen molar-refractivity contribution in [2.75, 3.05) is 64.4 Å². The van der Waals surface area contributed by atoms with Gasteiger partial charge in [0.1, 0.15) is 19.0 Å². The average Bonchev–Trinajstić information content (AvgIpc) is 3.91. The van der Waals surface area contributed by atoms with Gasteiger partial charge in [0, 0.05) is 55.1 Å². The molecule has 0 saturated carbocycles. The molecule has 0 unspecified atom stereocenters. The molecule has 21 heteroatoms. The van der Waals surface area contributed by atoms with E-state index in [2.05, 4.69) is 42.8 Å². The van der Waals surface area contributed by atoms with Crippen molar-refractivity contribution in [1.82, 2.24) is 30.5 Å². The number of nitrogens with zero attached hydrogens (tertiary/aromatic N) is 3. The van der Waals surface area contributed by atoms with Crippen LogP contribution in [-0.4, -0.2) is 114 Å². The maximum atomic E-state index is 15.0.